The number of halogens is 2. The third-order valence-corrected chi connectivity index (χ3v) is 5.22. The second kappa shape index (κ2) is 7.47. The van der Waals surface area contributed by atoms with Gasteiger partial charge < -0.3 is 10.2 Å². The molecule has 2 aromatic rings. The van der Waals surface area contributed by atoms with E-state index in [2.05, 4.69) is 5.32 Å². The molecule has 3 rings (SSSR count). The lowest BCUT2D eigenvalue weighted by Gasteiger charge is -2.23. The zero-order valence-corrected chi connectivity index (χ0v) is 14.9. The van der Waals surface area contributed by atoms with Crippen LogP contribution in [0, 0.1) is 0 Å². The summed E-state index contributed by atoms with van der Waals surface area (Å²) in [5, 5.41) is 3.64. The minimum atomic E-state index is -0.533. The highest BCUT2D eigenvalue weighted by atomic mass is 35.5. The summed E-state index contributed by atoms with van der Waals surface area (Å²) < 4.78 is 0. The van der Waals surface area contributed by atoms with Gasteiger partial charge in [0.2, 0.25) is 5.91 Å². The van der Waals surface area contributed by atoms with E-state index in [1.165, 1.54) is 0 Å². The second-order valence-electron chi connectivity index (χ2n) is 5.27. The van der Waals surface area contributed by atoms with Crippen molar-refractivity contribution >= 4 is 52.5 Å². The van der Waals surface area contributed by atoms with Crippen molar-refractivity contribution in [1.82, 2.24) is 4.90 Å². The van der Waals surface area contributed by atoms with Gasteiger partial charge in [0.05, 0.1) is 16.6 Å². The van der Waals surface area contributed by atoms with Crippen LogP contribution in [-0.4, -0.2) is 34.4 Å². The Bertz CT molecular complexity index is 770. The Kier molecular flexibility index (Phi) is 5.33. The SMILES string of the molecule is O=C(Nc1ccc(Cl)cc1Cl)[C@@H]1CSCN1C(=O)c1ccccc1. The third kappa shape index (κ3) is 3.69. The van der Waals surface area contributed by atoms with Crippen LogP contribution in [0.1, 0.15) is 10.4 Å². The number of hydrogen-bond donors (Lipinski definition) is 1. The molecule has 0 aromatic heterocycles. The molecule has 0 radical (unpaired) electrons. The van der Waals surface area contributed by atoms with Gasteiger partial charge in [0.25, 0.3) is 5.91 Å². The summed E-state index contributed by atoms with van der Waals surface area (Å²) in [7, 11) is 0. The van der Waals surface area contributed by atoms with E-state index in [-0.39, 0.29) is 11.8 Å². The minimum absolute atomic E-state index is 0.150. The first kappa shape index (κ1) is 17.1. The Hall–Kier alpha value is -1.69. The van der Waals surface area contributed by atoms with Gasteiger partial charge in [-0.15, -0.1) is 11.8 Å². The first-order valence-corrected chi connectivity index (χ1v) is 9.17. The molecule has 7 heteroatoms. The number of benzene rings is 2. The Morgan fingerprint density at radius 2 is 1.88 bits per heavy atom. The van der Waals surface area contributed by atoms with E-state index in [1.807, 2.05) is 6.07 Å². The first-order chi connectivity index (χ1) is 11.6. The van der Waals surface area contributed by atoms with E-state index in [0.717, 1.165) is 0 Å². The van der Waals surface area contributed by atoms with Gasteiger partial charge in [0, 0.05) is 16.3 Å². The molecular formula is C17H14Cl2N2O2S. The molecule has 0 unspecified atom stereocenters. The fraction of sp³-hybridized carbons (Fsp3) is 0.176. The van der Waals surface area contributed by atoms with Gasteiger partial charge in [-0.1, -0.05) is 41.4 Å². The van der Waals surface area contributed by atoms with Crippen LogP contribution in [0.5, 0.6) is 0 Å². The molecule has 1 heterocycles. The number of carbonyl (C=O) groups excluding carboxylic acids is 2. The summed E-state index contributed by atoms with van der Waals surface area (Å²) in [5.41, 5.74) is 1.05. The van der Waals surface area contributed by atoms with E-state index in [1.54, 1.807) is 59.1 Å². The van der Waals surface area contributed by atoms with Crippen molar-refractivity contribution in [2.45, 2.75) is 6.04 Å². The van der Waals surface area contributed by atoms with Gasteiger partial charge in [-0.25, -0.2) is 0 Å². The lowest BCUT2D eigenvalue weighted by atomic mass is 10.1. The quantitative estimate of drug-likeness (QED) is 0.869. The van der Waals surface area contributed by atoms with Crippen molar-refractivity contribution in [3.8, 4) is 0 Å². The molecule has 2 amide bonds. The van der Waals surface area contributed by atoms with Gasteiger partial charge >= 0.3 is 0 Å². The molecule has 1 saturated heterocycles. The standard InChI is InChI=1S/C17H14Cl2N2O2S/c18-12-6-7-14(13(19)8-12)20-16(22)15-9-24-10-21(15)17(23)11-4-2-1-3-5-11/h1-8,15H,9-10H2,(H,20,22)/t15-/m0/s1. The summed E-state index contributed by atoms with van der Waals surface area (Å²) in [6, 6.07) is 13.3. The summed E-state index contributed by atoms with van der Waals surface area (Å²) in [6.45, 7) is 0. The van der Waals surface area contributed by atoms with E-state index in [4.69, 9.17) is 23.2 Å². The van der Waals surface area contributed by atoms with Crippen molar-refractivity contribution in [2.75, 3.05) is 16.9 Å². The van der Waals surface area contributed by atoms with Crippen molar-refractivity contribution in [2.24, 2.45) is 0 Å². The zero-order chi connectivity index (χ0) is 17.1. The molecule has 1 N–H and O–H groups in total. The molecule has 4 nitrogen and oxygen atoms in total. The van der Waals surface area contributed by atoms with Crippen LogP contribution in [0.2, 0.25) is 10.0 Å². The predicted octanol–water partition coefficient (Wildman–Crippen LogP) is 4.15. The van der Waals surface area contributed by atoms with Gasteiger partial charge in [0.15, 0.2) is 0 Å². The average molecular weight is 381 g/mol. The third-order valence-electron chi connectivity index (χ3n) is 3.66. The average Bonchev–Trinajstić information content (AvgIpc) is 3.07. The smallest absolute Gasteiger partial charge is 0.255 e. The van der Waals surface area contributed by atoms with Crippen LogP contribution in [0.4, 0.5) is 5.69 Å². The van der Waals surface area contributed by atoms with Gasteiger partial charge in [0.1, 0.15) is 6.04 Å². The number of thioether (sulfide) groups is 1. The van der Waals surface area contributed by atoms with Crippen LogP contribution in [0.25, 0.3) is 0 Å². The highest BCUT2D eigenvalue weighted by Gasteiger charge is 2.35. The number of nitrogens with zero attached hydrogens (tertiary/aromatic N) is 1. The van der Waals surface area contributed by atoms with Crippen LogP contribution >= 0.6 is 35.0 Å². The number of rotatable bonds is 3. The van der Waals surface area contributed by atoms with E-state index < -0.39 is 6.04 Å². The summed E-state index contributed by atoms with van der Waals surface area (Å²) >= 11 is 13.5. The number of nitrogens with one attached hydrogen (secondary N) is 1. The van der Waals surface area contributed by atoms with E-state index >= 15 is 0 Å². The van der Waals surface area contributed by atoms with Crippen LogP contribution < -0.4 is 5.32 Å². The Labute approximate surface area is 154 Å². The Morgan fingerprint density at radius 1 is 1.12 bits per heavy atom. The van der Waals surface area contributed by atoms with Crippen molar-refractivity contribution in [1.29, 1.82) is 0 Å². The Balaban J connectivity index is 1.75. The number of anilines is 1. The minimum Gasteiger partial charge on any atom is -0.323 e. The summed E-state index contributed by atoms with van der Waals surface area (Å²) in [5.74, 6) is 0.631. The molecule has 1 fully saturated rings. The molecule has 0 aliphatic carbocycles. The van der Waals surface area contributed by atoms with Crippen molar-refractivity contribution in [3.05, 3.63) is 64.1 Å². The number of hydrogen-bond acceptors (Lipinski definition) is 3. The lowest BCUT2D eigenvalue weighted by Crippen LogP contribution is -2.44. The van der Waals surface area contributed by atoms with Crippen LogP contribution in [0.3, 0.4) is 0 Å². The lowest BCUT2D eigenvalue weighted by molar-refractivity contribution is -0.119. The van der Waals surface area contributed by atoms with Gasteiger partial charge in [-0.05, 0) is 30.3 Å². The highest BCUT2D eigenvalue weighted by molar-refractivity contribution is 7.99. The normalized spacial score (nSPS) is 16.9. The fourth-order valence-corrected chi connectivity index (χ4v) is 4.02. The largest absolute Gasteiger partial charge is 0.323 e. The van der Waals surface area contributed by atoms with Crippen molar-refractivity contribution in [3.63, 3.8) is 0 Å². The summed E-state index contributed by atoms with van der Waals surface area (Å²) in [6.07, 6.45) is 0. The van der Waals surface area contributed by atoms with E-state index in [0.29, 0.717) is 32.9 Å². The molecule has 124 valence electrons. The maximum atomic E-state index is 12.6. The molecular weight excluding hydrogens is 367 g/mol. The fourth-order valence-electron chi connectivity index (χ4n) is 2.41. The molecule has 1 aliphatic heterocycles. The number of carbonyl (C=O) groups is 2. The van der Waals surface area contributed by atoms with E-state index in [9.17, 15) is 9.59 Å². The van der Waals surface area contributed by atoms with Crippen molar-refractivity contribution < 1.29 is 9.59 Å². The summed E-state index contributed by atoms with van der Waals surface area (Å²) in [4.78, 5) is 26.8. The van der Waals surface area contributed by atoms with Crippen LogP contribution in [0.15, 0.2) is 48.5 Å². The first-order valence-electron chi connectivity index (χ1n) is 7.26. The maximum Gasteiger partial charge on any atom is 0.255 e. The molecule has 24 heavy (non-hydrogen) atoms. The van der Waals surface area contributed by atoms with Gasteiger partial charge in [-0.3, -0.25) is 9.59 Å². The van der Waals surface area contributed by atoms with Gasteiger partial charge in [-0.2, -0.15) is 0 Å². The zero-order valence-electron chi connectivity index (χ0n) is 12.5. The molecule has 1 atom stereocenters. The second-order valence-corrected chi connectivity index (χ2v) is 7.11. The number of amides is 2. The monoisotopic (exact) mass is 380 g/mol. The molecule has 0 bridgehead atoms. The Morgan fingerprint density at radius 3 is 2.58 bits per heavy atom. The maximum absolute atomic E-state index is 12.6. The highest BCUT2D eigenvalue weighted by Crippen LogP contribution is 2.28. The topological polar surface area (TPSA) is 49.4 Å². The van der Waals surface area contributed by atoms with Crippen LogP contribution in [-0.2, 0) is 4.79 Å². The predicted molar refractivity (Wildman–Crippen MR) is 98.8 cm³/mol. The molecule has 0 spiro atoms. The molecule has 2 aromatic carbocycles. The molecule has 0 saturated carbocycles. The molecule has 1 aliphatic rings.